The van der Waals surface area contributed by atoms with Crippen LogP contribution in [0.3, 0.4) is 0 Å². The minimum atomic E-state index is 0. The number of hydrogen-bond acceptors (Lipinski definition) is 4. The molecule has 6 N–H and O–H groups in total. The van der Waals surface area contributed by atoms with E-state index in [9.17, 15) is 0 Å². The van der Waals surface area contributed by atoms with Crippen molar-refractivity contribution in [3.05, 3.63) is 151 Å². The van der Waals surface area contributed by atoms with E-state index < -0.39 is 0 Å². The maximum Gasteiger partial charge on any atom is 3.00 e. The van der Waals surface area contributed by atoms with Crippen molar-refractivity contribution < 1.29 is 34.1 Å². The number of para-hydroxylation sites is 4. The van der Waals surface area contributed by atoms with Crippen molar-refractivity contribution in [3.63, 3.8) is 0 Å². The van der Waals surface area contributed by atoms with E-state index in [0.717, 1.165) is 45.6 Å². The van der Waals surface area contributed by atoms with Crippen molar-refractivity contribution in [2.24, 2.45) is 9.98 Å². The molecule has 4 aromatic rings. The summed E-state index contributed by atoms with van der Waals surface area (Å²) in [4.78, 5) is 10.2. The van der Waals surface area contributed by atoms with Crippen LogP contribution in [0, 0.1) is 0 Å². The summed E-state index contributed by atoms with van der Waals surface area (Å²) in [6.45, 7) is 53.0. The van der Waals surface area contributed by atoms with Crippen LogP contribution in [0.5, 0.6) is 0 Å². The van der Waals surface area contributed by atoms with Crippen molar-refractivity contribution in [2.45, 2.75) is 252 Å². The number of hydrogen-bond donors (Lipinski definition) is 2. The summed E-state index contributed by atoms with van der Waals surface area (Å²) in [6, 6.07) is 26.3. The largest absolute Gasteiger partial charge is 3.00 e. The van der Waals surface area contributed by atoms with Crippen LogP contribution in [0.4, 0.5) is 22.7 Å². The maximum atomic E-state index is 5.08. The van der Waals surface area contributed by atoms with E-state index >= 15 is 0 Å². The summed E-state index contributed by atoms with van der Waals surface area (Å²) in [5.41, 5.74) is 18.9. The Morgan fingerprint density at radius 1 is 0.364 bits per heavy atom. The minimum Gasteiger partial charge on any atom is -2.00 e. The van der Waals surface area contributed by atoms with Crippen molar-refractivity contribution >= 4 is 47.7 Å². The van der Waals surface area contributed by atoms with Gasteiger partial charge in [0.05, 0.1) is 11.4 Å². The van der Waals surface area contributed by atoms with Gasteiger partial charge in [-0.1, -0.05) is 298 Å². The first-order valence-electron chi connectivity index (χ1n) is 28.3. The second-order valence-corrected chi connectivity index (χ2v) is 22.4. The molecule has 0 saturated heterocycles. The molecule has 0 aliphatic carbocycles. The molecule has 0 spiro atoms. The first-order valence-corrected chi connectivity index (χ1v) is 28.3. The van der Waals surface area contributed by atoms with Crippen molar-refractivity contribution in [1.82, 2.24) is 12.3 Å². The molecule has 9 heteroatoms. The van der Waals surface area contributed by atoms with Crippen molar-refractivity contribution in [2.75, 3.05) is 0 Å². The van der Waals surface area contributed by atoms with Gasteiger partial charge in [-0.2, -0.15) is 11.4 Å². The Kier molecular flexibility index (Phi) is 46.5. The van der Waals surface area contributed by atoms with Crippen LogP contribution < -0.4 is 12.3 Å². The maximum absolute atomic E-state index is 5.08. The van der Waals surface area contributed by atoms with Gasteiger partial charge in [0.1, 0.15) is 0 Å². The molecule has 0 saturated carbocycles. The van der Waals surface area contributed by atoms with Crippen LogP contribution in [0.15, 0.2) is 106 Å². The molecule has 0 unspecified atom stereocenters. The Morgan fingerprint density at radius 2 is 0.545 bits per heavy atom. The third kappa shape index (κ3) is 28.5. The van der Waals surface area contributed by atoms with Gasteiger partial charge >= 0.3 is 34.1 Å². The minimum absolute atomic E-state index is 0. The summed E-state index contributed by atoms with van der Waals surface area (Å²) in [7, 11) is 0. The molecule has 4 aromatic carbocycles. The Morgan fingerprint density at radius 3 is 0.701 bits per heavy atom. The van der Waals surface area contributed by atoms with E-state index in [0.29, 0.717) is 47.3 Å². The predicted octanol–water partition coefficient (Wildman–Crippen LogP) is 24.5. The molecule has 2 radical (unpaired) electrons. The molecule has 0 atom stereocenters. The topological polar surface area (TPSA) is 123 Å². The Labute approximate surface area is 504 Å². The Balaban J connectivity index is -0.000000361. The van der Waals surface area contributed by atoms with Crippen LogP contribution in [0.25, 0.3) is 10.6 Å². The molecular formula is C68H112Fe2N6S+2. The van der Waals surface area contributed by atoms with Gasteiger partial charge in [0.15, 0.2) is 0 Å². The van der Waals surface area contributed by atoms with Crippen LogP contribution in [0.1, 0.15) is 297 Å². The average molecular weight is 1160 g/mol. The van der Waals surface area contributed by atoms with Crippen LogP contribution >= 0.6 is 0 Å². The van der Waals surface area contributed by atoms with Crippen LogP contribution in [-0.4, -0.2) is 11.4 Å². The Bertz CT molecular complexity index is 2060. The van der Waals surface area contributed by atoms with Gasteiger partial charge in [-0.05, 0) is 83.4 Å². The van der Waals surface area contributed by atoms with E-state index in [1.165, 1.54) is 83.0 Å². The van der Waals surface area contributed by atoms with Gasteiger partial charge in [-0.3, -0.25) is 9.98 Å². The fourth-order valence-corrected chi connectivity index (χ4v) is 8.71. The summed E-state index contributed by atoms with van der Waals surface area (Å²) >= 11 is 0. The number of allylic oxidation sites excluding steroid dienone is 4. The predicted molar refractivity (Wildman–Crippen MR) is 345 cm³/mol. The molecule has 4 rings (SSSR count). The van der Waals surface area contributed by atoms with E-state index in [2.05, 4.69) is 251 Å². The third-order valence-corrected chi connectivity index (χ3v) is 12.8. The van der Waals surface area contributed by atoms with Crippen molar-refractivity contribution in [1.29, 1.82) is 0 Å². The summed E-state index contributed by atoms with van der Waals surface area (Å²) < 4.78 is 0. The van der Waals surface area contributed by atoms with Gasteiger partial charge in [0.2, 0.25) is 0 Å². The average Bonchev–Trinajstić information content (AvgIpc) is 3.29. The van der Waals surface area contributed by atoms with Crippen molar-refractivity contribution in [3.8, 4) is 0 Å². The summed E-state index contributed by atoms with van der Waals surface area (Å²) in [6.07, 6.45) is 12.4. The zero-order valence-corrected chi connectivity index (χ0v) is 56.3. The molecular weight excluding hydrogens is 1040 g/mol. The number of unbranched alkanes of at least 4 members (excludes halogenated alkanes) is 4. The number of nitrogens with zero attached hydrogens (tertiary/aromatic N) is 4. The Hall–Kier alpha value is -3.39. The molecule has 0 aliphatic rings. The molecule has 0 bridgehead atoms. The fourth-order valence-electron chi connectivity index (χ4n) is 8.71. The van der Waals surface area contributed by atoms with E-state index in [4.69, 9.17) is 20.6 Å². The van der Waals surface area contributed by atoms with E-state index in [-0.39, 0.29) is 59.9 Å². The number of aliphatic imine (C=N–C) groups is 2. The molecule has 77 heavy (non-hydrogen) atoms. The molecule has 0 fully saturated rings. The zero-order valence-electron chi connectivity index (χ0n) is 53.3. The summed E-state index contributed by atoms with van der Waals surface area (Å²) in [5, 5.41) is 10.2. The van der Waals surface area contributed by atoms with Gasteiger partial charge in [-0.15, -0.1) is 11.4 Å². The van der Waals surface area contributed by atoms with E-state index in [1.807, 2.05) is 0 Å². The normalized spacial score (nSPS) is 11.6. The molecule has 0 aromatic heterocycles. The van der Waals surface area contributed by atoms with E-state index in [1.54, 1.807) is 0 Å². The van der Waals surface area contributed by atoms with Gasteiger partial charge < -0.3 is 36.4 Å². The molecule has 6 nitrogen and oxygen atoms in total. The van der Waals surface area contributed by atoms with Gasteiger partial charge in [0, 0.05) is 11.4 Å². The second-order valence-electron chi connectivity index (χ2n) is 22.4. The first-order chi connectivity index (χ1) is 33.9. The molecule has 0 amide bonds. The quantitative estimate of drug-likeness (QED) is 0.0676. The molecule has 0 aliphatic heterocycles. The second kappa shape index (κ2) is 43.4. The first kappa shape index (κ1) is 82.4. The SMILES string of the molecule is CC(/C=C(/C)[N-]c1c(C(C)C)cccc1C(C)C)=Nc1c(C(C)C)cccc1C(C)C.CC(/C=C(/C)[N-]c1c(C(C)C)cccc1C(C)C)=Nc1c(C(C)C)cccc1C(C)C.CCCCC.CCCCC.N.N.[Fe+3].[Fe+3].[S-2]. The zero-order chi connectivity index (χ0) is 54.8. The van der Waals surface area contributed by atoms with Gasteiger partial charge in [0.25, 0.3) is 0 Å². The summed E-state index contributed by atoms with van der Waals surface area (Å²) in [5.74, 6) is 3.49. The number of rotatable bonds is 20. The monoisotopic (exact) mass is 1160 g/mol. The molecule has 0 heterocycles. The van der Waals surface area contributed by atoms with Gasteiger partial charge in [-0.25, -0.2) is 0 Å². The fraction of sp³-hybridized carbons (Fsp3) is 0.559. The van der Waals surface area contributed by atoms with Crippen LogP contribution in [-0.2, 0) is 47.6 Å². The number of benzene rings is 4. The molecule has 434 valence electrons. The third-order valence-electron chi connectivity index (χ3n) is 12.8. The smallest absolute Gasteiger partial charge is 2.00 e. The van der Waals surface area contributed by atoms with Crippen LogP contribution in [0.2, 0.25) is 0 Å². The standard InChI is InChI=1S/2C29H41N2.2C5H12.2Fe.2H3N.S/c2*1-18(2)24-13-11-14-25(19(3)4)28(24)30-22(9)17-23(10)31-29-26(20(5)6)15-12-16-27(29)21(7)8;2*1-3-5-4-2;;;;;/h2*11-21H,1-10H3;2*3-5H2,1-2H3;;;2*1H3;/q2*-1;;;2*+3;;;-2/b2*22-17-,31-23?;;;;;;;.